The average Bonchev–Trinajstić information content (AvgIpc) is 2.28. The van der Waals surface area contributed by atoms with E-state index in [2.05, 4.69) is 0 Å². The predicted octanol–water partition coefficient (Wildman–Crippen LogP) is 1.96. The van der Waals surface area contributed by atoms with Crippen LogP contribution in [0.1, 0.15) is 30.9 Å². The van der Waals surface area contributed by atoms with Crippen molar-refractivity contribution < 1.29 is 9.13 Å². The highest BCUT2D eigenvalue weighted by Gasteiger charge is 2.41. The van der Waals surface area contributed by atoms with E-state index < -0.39 is 0 Å². The van der Waals surface area contributed by atoms with E-state index in [-0.39, 0.29) is 23.0 Å². The lowest BCUT2D eigenvalue weighted by Crippen LogP contribution is -2.46. The summed E-state index contributed by atoms with van der Waals surface area (Å²) in [5.41, 5.74) is 12.8. The Balaban J connectivity index is 2.25. The van der Waals surface area contributed by atoms with Gasteiger partial charge in [0.15, 0.2) is 11.6 Å². The summed E-state index contributed by atoms with van der Waals surface area (Å²) in [4.78, 5) is 0. The van der Waals surface area contributed by atoms with Gasteiger partial charge in [0.2, 0.25) is 0 Å². The maximum Gasteiger partial charge on any atom is 0.165 e. The summed E-state index contributed by atoms with van der Waals surface area (Å²) in [5.74, 6) is -0.122. The first-order chi connectivity index (χ1) is 8.13. The molecule has 1 atom stereocenters. The van der Waals surface area contributed by atoms with Gasteiger partial charge in [-0.3, -0.25) is 0 Å². The third-order valence-corrected chi connectivity index (χ3v) is 3.95. The predicted molar refractivity (Wildman–Crippen MR) is 65.2 cm³/mol. The first-order valence-electron chi connectivity index (χ1n) is 5.92. The molecule has 4 heteroatoms. The lowest BCUT2D eigenvalue weighted by molar-refractivity contribution is 0.104. The molecule has 0 bridgehead atoms. The van der Waals surface area contributed by atoms with Crippen LogP contribution < -0.4 is 16.2 Å². The van der Waals surface area contributed by atoms with Crippen molar-refractivity contribution in [3.8, 4) is 5.75 Å². The molecule has 0 aliphatic heterocycles. The molecule has 1 aliphatic carbocycles. The molecule has 2 rings (SSSR count). The van der Waals surface area contributed by atoms with Crippen LogP contribution in [0.15, 0.2) is 18.2 Å². The highest BCUT2D eigenvalue weighted by Crippen LogP contribution is 2.48. The van der Waals surface area contributed by atoms with Crippen LogP contribution in [-0.2, 0) is 0 Å². The molecule has 0 radical (unpaired) electrons. The van der Waals surface area contributed by atoms with Gasteiger partial charge in [0.1, 0.15) is 0 Å². The Kier molecular flexibility index (Phi) is 3.35. The van der Waals surface area contributed by atoms with Gasteiger partial charge in [-0.15, -0.1) is 0 Å². The normalized spacial score (nSPS) is 19.5. The molecule has 0 amide bonds. The lowest BCUT2D eigenvalue weighted by Gasteiger charge is -2.45. The molecule has 1 aromatic carbocycles. The smallest absolute Gasteiger partial charge is 0.165 e. The molecule has 94 valence electrons. The Bertz CT molecular complexity index is 399. The van der Waals surface area contributed by atoms with Crippen LogP contribution in [-0.4, -0.2) is 13.7 Å². The molecule has 0 aromatic heterocycles. The van der Waals surface area contributed by atoms with E-state index >= 15 is 0 Å². The molecule has 1 aromatic rings. The van der Waals surface area contributed by atoms with Crippen molar-refractivity contribution in [1.82, 2.24) is 0 Å². The molecule has 1 aliphatic rings. The van der Waals surface area contributed by atoms with Gasteiger partial charge in [0.05, 0.1) is 7.11 Å². The van der Waals surface area contributed by atoms with Crippen molar-refractivity contribution in [2.45, 2.75) is 25.3 Å². The summed E-state index contributed by atoms with van der Waals surface area (Å²) in [7, 11) is 1.45. The third-order valence-electron chi connectivity index (χ3n) is 3.95. The fourth-order valence-corrected chi connectivity index (χ4v) is 2.50. The molecule has 0 saturated heterocycles. The monoisotopic (exact) mass is 238 g/mol. The second kappa shape index (κ2) is 4.63. The summed E-state index contributed by atoms with van der Waals surface area (Å²) in [6.07, 6.45) is 3.21. The van der Waals surface area contributed by atoms with Crippen molar-refractivity contribution in [3.63, 3.8) is 0 Å². The molecule has 0 heterocycles. The van der Waals surface area contributed by atoms with Crippen molar-refractivity contribution in [3.05, 3.63) is 29.6 Å². The fraction of sp³-hybridized carbons (Fsp3) is 0.538. The number of methoxy groups -OCH3 is 1. The van der Waals surface area contributed by atoms with Crippen molar-refractivity contribution in [2.24, 2.45) is 16.9 Å². The lowest BCUT2D eigenvalue weighted by atomic mass is 9.63. The molecule has 4 N–H and O–H groups in total. The van der Waals surface area contributed by atoms with Gasteiger partial charge < -0.3 is 16.2 Å². The molecule has 1 unspecified atom stereocenters. The van der Waals surface area contributed by atoms with E-state index in [1.54, 1.807) is 6.07 Å². The number of halogens is 1. The summed E-state index contributed by atoms with van der Waals surface area (Å²) in [6.45, 7) is 0.557. The van der Waals surface area contributed by atoms with Gasteiger partial charge in [-0.1, -0.05) is 12.5 Å². The Morgan fingerprint density at radius 1 is 1.47 bits per heavy atom. The van der Waals surface area contributed by atoms with Gasteiger partial charge in [-0.2, -0.15) is 0 Å². The zero-order valence-corrected chi connectivity index (χ0v) is 10.1. The fourth-order valence-electron chi connectivity index (χ4n) is 2.50. The van der Waals surface area contributed by atoms with E-state index in [9.17, 15) is 4.39 Å². The molecule has 1 fully saturated rings. The molecule has 1 saturated carbocycles. The van der Waals surface area contributed by atoms with E-state index in [0.29, 0.717) is 6.54 Å². The maximum atomic E-state index is 13.6. The van der Waals surface area contributed by atoms with Crippen molar-refractivity contribution in [2.75, 3.05) is 13.7 Å². The van der Waals surface area contributed by atoms with E-state index in [4.69, 9.17) is 16.2 Å². The van der Waals surface area contributed by atoms with Gasteiger partial charge >= 0.3 is 0 Å². The second-order valence-corrected chi connectivity index (χ2v) is 4.79. The number of hydrogen-bond donors (Lipinski definition) is 2. The van der Waals surface area contributed by atoms with Crippen molar-refractivity contribution >= 4 is 0 Å². The van der Waals surface area contributed by atoms with Crippen LogP contribution in [0.4, 0.5) is 4.39 Å². The van der Waals surface area contributed by atoms with Crippen molar-refractivity contribution in [1.29, 1.82) is 0 Å². The van der Waals surface area contributed by atoms with E-state index in [0.717, 1.165) is 24.8 Å². The molecular weight excluding hydrogens is 219 g/mol. The molecular formula is C13H19FN2O. The summed E-state index contributed by atoms with van der Waals surface area (Å²) in [6, 6.07) is 4.70. The van der Waals surface area contributed by atoms with Crippen LogP contribution in [0, 0.1) is 11.2 Å². The zero-order valence-electron chi connectivity index (χ0n) is 10.1. The number of ether oxygens (including phenoxy) is 1. The molecule has 17 heavy (non-hydrogen) atoms. The molecule has 3 nitrogen and oxygen atoms in total. The Hall–Kier alpha value is -1.13. The SMILES string of the molecule is COc1ccc(C(N)C2(CN)CCC2)cc1F. The van der Waals surface area contributed by atoms with Crippen LogP contribution in [0.3, 0.4) is 0 Å². The second-order valence-electron chi connectivity index (χ2n) is 4.79. The van der Waals surface area contributed by atoms with Gasteiger partial charge in [0.25, 0.3) is 0 Å². The maximum absolute atomic E-state index is 13.6. The molecule has 0 spiro atoms. The zero-order chi connectivity index (χ0) is 12.5. The summed E-state index contributed by atoms with van der Waals surface area (Å²) in [5, 5.41) is 0. The minimum Gasteiger partial charge on any atom is -0.494 e. The minimum absolute atomic E-state index is 0.0406. The first kappa shape index (κ1) is 12.3. The van der Waals surface area contributed by atoms with Crippen LogP contribution in [0.25, 0.3) is 0 Å². The van der Waals surface area contributed by atoms with Crippen LogP contribution in [0.2, 0.25) is 0 Å². The van der Waals surface area contributed by atoms with Gasteiger partial charge in [-0.05, 0) is 37.1 Å². The van der Waals surface area contributed by atoms with Crippen LogP contribution >= 0.6 is 0 Å². The average molecular weight is 238 g/mol. The highest BCUT2D eigenvalue weighted by molar-refractivity contribution is 5.32. The summed E-state index contributed by atoms with van der Waals surface area (Å²) < 4.78 is 18.5. The Labute approximate surface area is 101 Å². The van der Waals surface area contributed by atoms with E-state index in [1.165, 1.54) is 13.2 Å². The number of hydrogen-bond acceptors (Lipinski definition) is 3. The minimum atomic E-state index is -0.369. The van der Waals surface area contributed by atoms with E-state index in [1.807, 2.05) is 6.07 Å². The Morgan fingerprint density at radius 2 is 2.18 bits per heavy atom. The topological polar surface area (TPSA) is 61.3 Å². The number of rotatable bonds is 4. The van der Waals surface area contributed by atoms with Crippen LogP contribution in [0.5, 0.6) is 5.75 Å². The number of nitrogens with two attached hydrogens (primary N) is 2. The quantitative estimate of drug-likeness (QED) is 0.843. The van der Waals surface area contributed by atoms with Gasteiger partial charge in [0, 0.05) is 11.5 Å². The Morgan fingerprint density at radius 3 is 2.59 bits per heavy atom. The largest absolute Gasteiger partial charge is 0.494 e. The third kappa shape index (κ3) is 2.03. The standard InChI is InChI=1S/C13H19FN2O/c1-17-11-4-3-9(7-10(11)14)12(16)13(8-15)5-2-6-13/h3-4,7,12H,2,5-6,8,15-16H2,1H3. The van der Waals surface area contributed by atoms with Gasteiger partial charge in [-0.25, -0.2) is 4.39 Å². The number of benzene rings is 1. The summed E-state index contributed by atoms with van der Waals surface area (Å²) >= 11 is 0. The highest BCUT2D eigenvalue weighted by atomic mass is 19.1. The first-order valence-corrected chi connectivity index (χ1v) is 5.92.